The number of hydrogen-bond acceptors (Lipinski definition) is 2. The molecule has 0 spiro atoms. The molecular weight excluding hydrogens is 292 g/mol. The van der Waals surface area contributed by atoms with Crippen LogP contribution in [-0.4, -0.2) is 24.9 Å². The van der Waals surface area contributed by atoms with E-state index in [1.807, 2.05) is 25.1 Å². The second-order valence-electron chi connectivity index (χ2n) is 5.17. The number of rotatable bonds is 7. The molecule has 0 amide bonds. The summed E-state index contributed by atoms with van der Waals surface area (Å²) in [5, 5.41) is 7.61. The summed E-state index contributed by atoms with van der Waals surface area (Å²) in [5.74, 6) is 0.581. The standard InChI is InChI=1S/C15H23ClN2OS/c1-11(2)10-19-8-4-7-17-15(20)18-13-6-5-12(3)14(16)9-13/h5-6,9,11H,4,7-8,10H2,1-3H3,(H2,17,18,20). The summed E-state index contributed by atoms with van der Waals surface area (Å²) in [6.07, 6.45) is 0.934. The highest BCUT2D eigenvalue weighted by atomic mass is 35.5. The van der Waals surface area contributed by atoms with E-state index in [9.17, 15) is 0 Å². The minimum absolute atomic E-state index is 0.581. The van der Waals surface area contributed by atoms with Crippen molar-refractivity contribution in [3.05, 3.63) is 28.8 Å². The molecule has 1 aromatic carbocycles. The van der Waals surface area contributed by atoms with Crippen molar-refractivity contribution in [1.82, 2.24) is 5.32 Å². The van der Waals surface area contributed by atoms with Crippen molar-refractivity contribution < 1.29 is 4.74 Å². The zero-order chi connectivity index (χ0) is 15.0. The highest BCUT2D eigenvalue weighted by Crippen LogP contribution is 2.19. The van der Waals surface area contributed by atoms with Crippen LogP contribution in [0.3, 0.4) is 0 Å². The van der Waals surface area contributed by atoms with Crippen molar-refractivity contribution in [2.75, 3.05) is 25.1 Å². The number of aryl methyl sites for hydroxylation is 1. The first kappa shape index (κ1) is 17.2. The first-order valence-corrected chi connectivity index (χ1v) is 7.66. The molecule has 0 saturated heterocycles. The summed E-state index contributed by atoms with van der Waals surface area (Å²) in [6, 6.07) is 5.80. The van der Waals surface area contributed by atoms with Crippen LogP contribution in [0.5, 0.6) is 0 Å². The van der Waals surface area contributed by atoms with Gasteiger partial charge in [-0.25, -0.2) is 0 Å². The zero-order valence-corrected chi connectivity index (χ0v) is 13.9. The van der Waals surface area contributed by atoms with Gasteiger partial charge in [-0.3, -0.25) is 0 Å². The minimum atomic E-state index is 0.581. The van der Waals surface area contributed by atoms with Crippen molar-refractivity contribution in [1.29, 1.82) is 0 Å². The lowest BCUT2D eigenvalue weighted by Crippen LogP contribution is -2.29. The van der Waals surface area contributed by atoms with Gasteiger partial charge in [-0.15, -0.1) is 0 Å². The van der Waals surface area contributed by atoms with Crippen molar-refractivity contribution >= 4 is 34.6 Å². The summed E-state index contributed by atoms with van der Waals surface area (Å²) >= 11 is 11.3. The van der Waals surface area contributed by atoms with Crippen LogP contribution >= 0.6 is 23.8 Å². The maximum Gasteiger partial charge on any atom is 0.170 e. The molecule has 112 valence electrons. The van der Waals surface area contributed by atoms with Crippen molar-refractivity contribution in [2.24, 2.45) is 5.92 Å². The largest absolute Gasteiger partial charge is 0.381 e. The Balaban J connectivity index is 2.18. The molecule has 3 nitrogen and oxygen atoms in total. The molecule has 0 bridgehead atoms. The Morgan fingerprint density at radius 1 is 1.40 bits per heavy atom. The van der Waals surface area contributed by atoms with E-state index in [-0.39, 0.29) is 0 Å². The number of ether oxygens (including phenoxy) is 1. The number of hydrogen-bond donors (Lipinski definition) is 2. The van der Waals surface area contributed by atoms with Gasteiger partial charge in [-0.2, -0.15) is 0 Å². The lowest BCUT2D eigenvalue weighted by atomic mass is 10.2. The molecule has 0 fully saturated rings. The van der Waals surface area contributed by atoms with Gasteiger partial charge in [0.25, 0.3) is 0 Å². The van der Waals surface area contributed by atoms with Gasteiger partial charge in [0, 0.05) is 30.5 Å². The van der Waals surface area contributed by atoms with E-state index in [0.717, 1.165) is 42.5 Å². The zero-order valence-electron chi connectivity index (χ0n) is 12.3. The van der Waals surface area contributed by atoms with Gasteiger partial charge in [0.1, 0.15) is 0 Å². The second-order valence-corrected chi connectivity index (χ2v) is 5.98. The topological polar surface area (TPSA) is 33.3 Å². The molecule has 0 saturated carbocycles. The molecule has 0 unspecified atom stereocenters. The third kappa shape index (κ3) is 7.08. The van der Waals surface area contributed by atoms with E-state index in [2.05, 4.69) is 24.5 Å². The van der Waals surface area contributed by atoms with Gasteiger partial charge in [0.2, 0.25) is 0 Å². The predicted octanol–water partition coefficient (Wildman–Crippen LogP) is 4.00. The predicted molar refractivity (Wildman–Crippen MR) is 90.7 cm³/mol. The molecule has 5 heteroatoms. The fourth-order valence-electron chi connectivity index (χ4n) is 1.54. The molecule has 0 aliphatic carbocycles. The van der Waals surface area contributed by atoms with Crippen molar-refractivity contribution in [3.8, 4) is 0 Å². The molecule has 1 rings (SSSR count). The van der Waals surface area contributed by atoms with E-state index < -0.39 is 0 Å². The van der Waals surface area contributed by atoms with Gasteiger partial charge in [-0.05, 0) is 49.2 Å². The SMILES string of the molecule is Cc1ccc(NC(=S)NCCCOCC(C)C)cc1Cl. The monoisotopic (exact) mass is 314 g/mol. The quantitative estimate of drug-likeness (QED) is 0.589. The summed E-state index contributed by atoms with van der Waals surface area (Å²) in [4.78, 5) is 0. The van der Waals surface area contributed by atoms with Gasteiger partial charge >= 0.3 is 0 Å². The average molecular weight is 315 g/mol. The van der Waals surface area contributed by atoms with E-state index in [1.54, 1.807) is 0 Å². The molecule has 0 aliphatic rings. The maximum absolute atomic E-state index is 6.06. The van der Waals surface area contributed by atoms with Crippen LogP contribution in [-0.2, 0) is 4.74 Å². The van der Waals surface area contributed by atoms with Crippen LogP contribution in [0.15, 0.2) is 18.2 Å². The summed E-state index contributed by atoms with van der Waals surface area (Å²) in [6.45, 7) is 8.62. The third-order valence-corrected chi connectivity index (χ3v) is 3.29. The normalized spacial score (nSPS) is 10.7. The van der Waals surface area contributed by atoms with E-state index >= 15 is 0 Å². The highest BCUT2D eigenvalue weighted by molar-refractivity contribution is 7.80. The van der Waals surface area contributed by atoms with Gasteiger partial charge in [-0.1, -0.05) is 31.5 Å². The first-order valence-electron chi connectivity index (χ1n) is 6.87. The first-order chi connectivity index (χ1) is 9.49. The van der Waals surface area contributed by atoms with E-state index in [0.29, 0.717) is 11.0 Å². The lowest BCUT2D eigenvalue weighted by molar-refractivity contribution is 0.108. The number of benzene rings is 1. The Hall–Kier alpha value is -0.840. The Morgan fingerprint density at radius 3 is 2.80 bits per heavy atom. The number of thiocarbonyl (C=S) groups is 1. The highest BCUT2D eigenvalue weighted by Gasteiger charge is 2.00. The molecule has 1 aromatic rings. The van der Waals surface area contributed by atoms with Crippen LogP contribution in [0.2, 0.25) is 5.02 Å². The Kier molecular flexibility index (Phi) is 7.88. The fraction of sp³-hybridized carbons (Fsp3) is 0.533. The van der Waals surface area contributed by atoms with Crippen LogP contribution in [0.1, 0.15) is 25.8 Å². The maximum atomic E-state index is 6.06. The molecule has 0 aromatic heterocycles. The second kappa shape index (κ2) is 9.16. The molecule has 20 heavy (non-hydrogen) atoms. The fourth-order valence-corrected chi connectivity index (χ4v) is 1.94. The van der Waals surface area contributed by atoms with Crippen molar-refractivity contribution in [2.45, 2.75) is 27.2 Å². The molecule has 2 N–H and O–H groups in total. The molecule has 0 aliphatic heterocycles. The summed E-state index contributed by atoms with van der Waals surface area (Å²) < 4.78 is 5.50. The number of anilines is 1. The van der Waals surface area contributed by atoms with Crippen LogP contribution in [0.4, 0.5) is 5.69 Å². The molecule has 0 atom stereocenters. The van der Waals surface area contributed by atoms with E-state index in [4.69, 9.17) is 28.6 Å². The molecule has 0 heterocycles. The van der Waals surface area contributed by atoms with Crippen LogP contribution in [0, 0.1) is 12.8 Å². The molecule has 0 radical (unpaired) electrons. The minimum Gasteiger partial charge on any atom is -0.381 e. The van der Waals surface area contributed by atoms with Gasteiger partial charge in [0.05, 0.1) is 0 Å². The van der Waals surface area contributed by atoms with Gasteiger partial charge < -0.3 is 15.4 Å². The van der Waals surface area contributed by atoms with E-state index in [1.165, 1.54) is 0 Å². The average Bonchev–Trinajstić information content (AvgIpc) is 2.38. The third-order valence-electron chi connectivity index (χ3n) is 2.63. The van der Waals surface area contributed by atoms with Crippen molar-refractivity contribution in [3.63, 3.8) is 0 Å². The smallest absolute Gasteiger partial charge is 0.170 e. The number of nitrogens with one attached hydrogen (secondary N) is 2. The Bertz CT molecular complexity index is 438. The number of halogens is 1. The summed E-state index contributed by atoms with van der Waals surface area (Å²) in [5.41, 5.74) is 1.95. The van der Waals surface area contributed by atoms with Crippen LogP contribution in [0.25, 0.3) is 0 Å². The Labute approximate surface area is 132 Å². The lowest BCUT2D eigenvalue weighted by Gasteiger charge is -2.12. The summed E-state index contributed by atoms with van der Waals surface area (Å²) in [7, 11) is 0. The van der Waals surface area contributed by atoms with Gasteiger partial charge in [0.15, 0.2) is 5.11 Å². The molecular formula is C15H23ClN2OS. The Morgan fingerprint density at radius 2 is 2.15 bits per heavy atom. The van der Waals surface area contributed by atoms with Crippen LogP contribution < -0.4 is 10.6 Å².